The maximum absolute atomic E-state index is 9.21. The first-order valence-electron chi connectivity index (χ1n) is 7.61. The molecule has 3 rings (SSSR count). The molecule has 6 nitrogen and oxygen atoms in total. The summed E-state index contributed by atoms with van der Waals surface area (Å²) in [4.78, 5) is 9.10. The monoisotopic (exact) mass is 322 g/mol. The number of nitriles is 1. The highest BCUT2D eigenvalue weighted by Gasteiger charge is 2.18. The molecule has 1 unspecified atom stereocenters. The molecule has 0 saturated heterocycles. The Morgan fingerprint density at radius 3 is 2.58 bits per heavy atom. The Bertz CT molecular complexity index is 897. The molecule has 0 saturated carbocycles. The van der Waals surface area contributed by atoms with E-state index in [0.29, 0.717) is 18.0 Å². The molecule has 1 aromatic carbocycles. The smallest absolute Gasteiger partial charge is 0.163 e. The molecule has 0 spiro atoms. The first kappa shape index (κ1) is 15.8. The first-order valence-corrected chi connectivity index (χ1v) is 7.61. The van der Waals surface area contributed by atoms with Gasteiger partial charge in [0, 0.05) is 24.9 Å². The van der Waals surface area contributed by atoms with E-state index in [4.69, 9.17) is 14.5 Å². The van der Waals surface area contributed by atoms with Crippen molar-refractivity contribution in [2.45, 2.75) is 13.5 Å². The molecule has 0 aliphatic rings. The highest BCUT2D eigenvalue weighted by atomic mass is 16.5. The largest absolute Gasteiger partial charge is 0.493 e. The number of methoxy groups -OCH3 is 2. The molecule has 0 bridgehead atoms. The lowest BCUT2D eigenvalue weighted by molar-refractivity contribution is 0.355. The van der Waals surface area contributed by atoms with Crippen LogP contribution in [-0.2, 0) is 6.54 Å². The number of fused-ring (bicyclic) bond motifs is 1. The molecule has 0 aliphatic heterocycles. The van der Waals surface area contributed by atoms with Gasteiger partial charge in [0.1, 0.15) is 5.69 Å². The minimum atomic E-state index is -0.155. The van der Waals surface area contributed by atoms with E-state index in [1.165, 1.54) is 0 Å². The van der Waals surface area contributed by atoms with E-state index in [0.717, 1.165) is 22.6 Å². The van der Waals surface area contributed by atoms with E-state index in [2.05, 4.69) is 11.1 Å². The topological polar surface area (TPSA) is 73.0 Å². The molecule has 0 fully saturated rings. The van der Waals surface area contributed by atoms with Crippen LogP contribution in [0.5, 0.6) is 11.5 Å². The summed E-state index contributed by atoms with van der Waals surface area (Å²) in [5.74, 6) is 1.82. The number of benzene rings is 1. The van der Waals surface area contributed by atoms with E-state index >= 15 is 0 Å². The molecule has 24 heavy (non-hydrogen) atoms. The average Bonchev–Trinajstić information content (AvgIpc) is 2.98. The minimum absolute atomic E-state index is 0.155. The quantitative estimate of drug-likeness (QED) is 0.721. The number of hydrogen-bond acceptors (Lipinski definition) is 5. The van der Waals surface area contributed by atoms with Crippen LogP contribution in [0.15, 0.2) is 36.5 Å². The second-order valence-electron chi connectivity index (χ2n) is 5.49. The van der Waals surface area contributed by atoms with Crippen LogP contribution >= 0.6 is 0 Å². The van der Waals surface area contributed by atoms with Gasteiger partial charge in [-0.25, -0.2) is 4.98 Å². The van der Waals surface area contributed by atoms with Crippen LogP contribution in [-0.4, -0.2) is 28.8 Å². The van der Waals surface area contributed by atoms with Crippen molar-refractivity contribution >= 4 is 11.0 Å². The zero-order valence-corrected chi connectivity index (χ0v) is 13.9. The fraction of sp³-hybridized carbons (Fsp3) is 0.278. The maximum atomic E-state index is 9.21. The van der Waals surface area contributed by atoms with Crippen molar-refractivity contribution in [1.29, 1.82) is 5.26 Å². The summed E-state index contributed by atoms with van der Waals surface area (Å²) >= 11 is 0. The van der Waals surface area contributed by atoms with Gasteiger partial charge in [-0.15, -0.1) is 0 Å². The summed E-state index contributed by atoms with van der Waals surface area (Å²) < 4.78 is 12.8. The fourth-order valence-electron chi connectivity index (χ4n) is 2.64. The lowest BCUT2D eigenvalue weighted by Crippen LogP contribution is -2.08. The van der Waals surface area contributed by atoms with Crippen molar-refractivity contribution in [3.8, 4) is 29.1 Å². The summed E-state index contributed by atoms with van der Waals surface area (Å²) in [6.07, 6.45) is 1.73. The Labute approximate surface area is 140 Å². The number of nitrogens with zero attached hydrogens (tertiary/aromatic N) is 4. The third kappa shape index (κ3) is 2.76. The van der Waals surface area contributed by atoms with Crippen LogP contribution in [0.3, 0.4) is 0 Å². The Hall–Kier alpha value is -3.07. The molecule has 0 amide bonds. The molecule has 0 N–H and O–H groups in total. The van der Waals surface area contributed by atoms with Gasteiger partial charge in [0.15, 0.2) is 17.3 Å². The lowest BCUT2D eigenvalue weighted by Gasteiger charge is -2.11. The van der Waals surface area contributed by atoms with Crippen molar-refractivity contribution in [3.05, 3.63) is 36.5 Å². The van der Waals surface area contributed by atoms with E-state index in [9.17, 15) is 5.26 Å². The van der Waals surface area contributed by atoms with Gasteiger partial charge in [-0.2, -0.15) is 5.26 Å². The summed E-state index contributed by atoms with van der Waals surface area (Å²) in [5.41, 5.74) is 2.42. The Morgan fingerprint density at radius 1 is 1.21 bits per heavy atom. The van der Waals surface area contributed by atoms with Gasteiger partial charge in [-0.1, -0.05) is 6.07 Å². The number of aromatic nitrogens is 3. The number of hydrogen-bond donors (Lipinski definition) is 0. The summed E-state index contributed by atoms with van der Waals surface area (Å²) in [5, 5.41) is 9.21. The van der Waals surface area contributed by atoms with E-state index in [1.54, 1.807) is 20.4 Å². The van der Waals surface area contributed by atoms with Gasteiger partial charge in [0.2, 0.25) is 0 Å². The van der Waals surface area contributed by atoms with Crippen LogP contribution in [0, 0.1) is 17.2 Å². The van der Waals surface area contributed by atoms with Crippen LogP contribution in [0.25, 0.3) is 22.6 Å². The molecular weight excluding hydrogens is 304 g/mol. The van der Waals surface area contributed by atoms with Crippen molar-refractivity contribution in [1.82, 2.24) is 14.5 Å². The maximum Gasteiger partial charge on any atom is 0.163 e. The second-order valence-corrected chi connectivity index (χ2v) is 5.49. The standard InChI is InChI=1S/C18H18N4O2/c1-12(10-19)11-22-15-9-17(24-3)16(23-2)8-14(15)21-18(22)13-6-4-5-7-20-13/h4-9,12H,11H2,1-3H3. The predicted octanol–water partition coefficient (Wildman–Crippen LogP) is 3.28. The number of rotatable bonds is 5. The molecular formula is C18H18N4O2. The zero-order chi connectivity index (χ0) is 17.1. The summed E-state index contributed by atoms with van der Waals surface area (Å²) in [6.45, 7) is 2.41. The Balaban J connectivity index is 2.26. The third-order valence-corrected chi connectivity index (χ3v) is 3.82. The molecule has 1 atom stereocenters. The average molecular weight is 322 g/mol. The third-order valence-electron chi connectivity index (χ3n) is 3.82. The Kier molecular flexibility index (Phi) is 4.34. The van der Waals surface area contributed by atoms with Gasteiger partial charge in [0.05, 0.1) is 37.2 Å². The van der Waals surface area contributed by atoms with Gasteiger partial charge in [-0.3, -0.25) is 4.98 Å². The van der Waals surface area contributed by atoms with Gasteiger partial charge < -0.3 is 14.0 Å². The van der Waals surface area contributed by atoms with Crippen LogP contribution in [0.4, 0.5) is 0 Å². The molecule has 2 aromatic heterocycles. The SMILES string of the molecule is COc1cc2nc(-c3ccccn3)n(CC(C)C#N)c2cc1OC. The van der Waals surface area contributed by atoms with Crippen molar-refractivity contribution in [3.63, 3.8) is 0 Å². The van der Waals surface area contributed by atoms with Gasteiger partial charge in [-0.05, 0) is 19.1 Å². The van der Waals surface area contributed by atoms with Crippen LogP contribution < -0.4 is 9.47 Å². The molecule has 2 heterocycles. The van der Waals surface area contributed by atoms with Crippen molar-refractivity contribution in [2.24, 2.45) is 5.92 Å². The number of pyridine rings is 1. The molecule has 122 valence electrons. The van der Waals surface area contributed by atoms with Gasteiger partial charge >= 0.3 is 0 Å². The second kappa shape index (κ2) is 6.59. The van der Waals surface area contributed by atoms with Crippen molar-refractivity contribution in [2.75, 3.05) is 14.2 Å². The Morgan fingerprint density at radius 2 is 1.96 bits per heavy atom. The molecule has 0 radical (unpaired) electrons. The molecule has 3 aromatic rings. The normalized spacial score (nSPS) is 11.9. The predicted molar refractivity (Wildman–Crippen MR) is 90.8 cm³/mol. The van der Waals surface area contributed by atoms with Gasteiger partial charge in [0.25, 0.3) is 0 Å². The van der Waals surface area contributed by atoms with Crippen LogP contribution in [0.2, 0.25) is 0 Å². The first-order chi connectivity index (χ1) is 11.7. The summed E-state index contributed by atoms with van der Waals surface area (Å²) in [7, 11) is 3.19. The number of imidazole rings is 1. The molecule has 6 heteroatoms. The summed E-state index contributed by atoms with van der Waals surface area (Å²) in [6, 6.07) is 11.7. The lowest BCUT2D eigenvalue weighted by atomic mass is 10.2. The van der Waals surface area contributed by atoms with E-state index < -0.39 is 0 Å². The highest BCUT2D eigenvalue weighted by molar-refractivity contribution is 5.83. The van der Waals surface area contributed by atoms with E-state index in [1.807, 2.05) is 41.8 Å². The number of ether oxygens (including phenoxy) is 2. The van der Waals surface area contributed by atoms with Crippen molar-refractivity contribution < 1.29 is 9.47 Å². The highest BCUT2D eigenvalue weighted by Crippen LogP contribution is 2.34. The zero-order valence-electron chi connectivity index (χ0n) is 13.9. The minimum Gasteiger partial charge on any atom is -0.493 e. The van der Waals surface area contributed by atoms with Crippen LogP contribution in [0.1, 0.15) is 6.92 Å². The molecule has 0 aliphatic carbocycles. The fourth-order valence-corrected chi connectivity index (χ4v) is 2.64. The van der Waals surface area contributed by atoms with E-state index in [-0.39, 0.29) is 5.92 Å².